The number of hydrogen-bond acceptors (Lipinski definition) is 7. The van der Waals surface area contributed by atoms with Gasteiger partial charge >= 0.3 is 0 Å². The van der Waals surface area contributed by atoms with E-state index in [1.165, 1.54) is 11.8 Å². The van der Waals surface area contributed by atoms with E-state index < -0.39 is 0 Å². The van der Waals surface area contributed by atoms with Crippen LogP contribution in [0, 0.1) is 0 Å². The third kappa shape index (κ3) is 5.60. The van der Waals surface area contributed by atoms with Crippen LogP contribution >= 0.6 is 11.8 Å². The lowest BCUT2D eigenvalue weighted by Crippen LogP contribution is -2.40. The van der Waals surface area contributed by atoms with E-state index in [0.717, 1.165) is 52.3 Å². The highest BCUT2D eigenvalue weighted by Crippen LogP contribution is 2.29. The first kappa shape index (κ1) is 24.1. The maximum Gasteiger partial charge on any atom is 0.254 e. The first-order valence-electron chi connectivity index (χ1n) is 12.3. The van der Waals surface area contributed by atoms with Crippen molar-refractivity contribution in [1.29, 1.82) is 0 Å². The molecule has 1 amide bonds. The molecular weight excluding hydrogens is 468 g/mol. The summed E-state index contributed by atoms with van der Waals surface area (Å²) in [6.07, 6.45) is 5.42. The first-order valence-corrected chi connectivity index (χ1v) is 13.1. The number of carbonyl (C=O) groups is 1. The average molecular weight is 499 g/mol. The highest BCUT2D eigenvalue weighted by Gasteiger charge is 2.25. The Hall–Kier alpha value is -3.65. The number of hydrogen-bond donors (Lipinski definition) is 2. The lowest BCUT2D eigenvalue weighted by molar-refractivity contribution is 0.0923. The molecule has 7 nitrogen and oxygen atoms in total. The van der Waals surface area contributed by atoms with E-state index in [1.54, 1.807) is 6.20 Å². The summed E-state index contributed by atoms with van der Waals surface area (Å²) in [6.45, 7) is 0. The van der Waals surface area contributed by atoms with Gasteiger partial charge in [0.15, 0.2) is 0 Å². The molecule has 0 bridgehead atoms. The molecule has 36 heavy (non-hydrogen) atoms. The zero-order chi connectivity index (χ0) is 24.9. The second-order valence-corrected chi connectivity index (χ2v) is 10.3. The molecule has 0 aliphatic heterocycles. The van der Waals surface area contributed by atoms with Crippen LogP contribution in [0.1, 0.15) is 36.0 Å². The molecule has 2 aromatic carbocycles. The standard InChI is InChI=1S/C28H30N6OS/c1-34(2)25-22-11-6-7-13-24(22)32-28(33-25)31-20-16-14-19(15-17-20)30-26(35)23-12-8-18-29-27(23)36-21-9-4-3-5-10-21/h3-13,18-20H,14-17H2,1-2H3,(H,30,35)(H,31,32,33)/t19-,20+. The van der Waals surface area contributed by atoms with Gasteiger partial charge in [-0.05, 0) is 62.1 Å². The molecule has 0 spiro atoms. The summed E-state index contributed by atoms with van der Waals surface area (Å²) in [5, 5.41) is 8.54. The Morgan fingerprint density at radius 3 is 2.39 bits per heavy atom. The largest absolute Gasteiger partial charge is 0.362 e. The maximum atomic E-state index is 13.1. The summed E-state index contributed by atoms with van der Waals surface area (Å²) < 4.78 is 0. The van der Waals surface area contributed by atoms with Crippen LogP contribution in [0.2, 0.25) is 0 Å². The number of nitrogens with one attached hydrogen (secondary N) is 2. The fourth-order valence-electron chi connectivity index (χ4n) is 4.54. The lowest BCUT2D eigenvalue weighted by atomic mass is 9.91. The third-order valence-electron chi connectivity index (χ3n) is 6.38. The summed E-state index contributed by atoms with van der Waals surface area (Å²) in [7, 11) is 4.00. The molecule has 2 aromatic heterocycles. The van der Waals surface area contributed by atoms with Gasteiger partial charge < -0.3 is 15.5 Å². The molecule has 4 aromatic rings. The summed E-state index contributed by atoms with van der Waals surface area (Å²) in [4.78, 5) is 30.2. The van der Waals surface area contributed by atoms with Crippen LogP contribution in [0.25, 0.3) is 10.9 Å². The first-order chi connectivity index (χ1) is 17.6. The van der Waals surface area contributed by atoms with Crippen molar-refractivity contribution in [3.8, 4) is 0 Å². The van der Waals surface area contributed by atoms with Gasteiger partial charge in [0.1, 0.15) is 10.8 Å². The second kappa shape index (κ2) is 11.0. The molecule has 1 aliphatic carbocycles. The van der Waals surface area contributed by atoms with Crippen molar-refractivity contribution < 1.29 is 4.79 Å². The average Bonchev–Trinajstić information content (AvgIpc) is 2.90. The van der Waals surface area contributed by atoms with Crippen molar-refractivity contribution in [2.75, 3.05) is 24.3 Å². The van der Waals surface area contributed by atoms with Gasteiger partial charge in [0.05, 0.1) is 11.1 Å². The fourth-order valence-corrected chi connectivity index (χ4v) is 5.44. The van der Waals surface area contributed by atoms with Gasteiger partial charge in [0.25, 0.3) is 5.91 Å². The third-order valence-corrected chi connectivity index (χ3v) is 7.40. The molecule has 2 heterocycles. The van der Waals surface area contributed by atoms with E-state index in [4.69, 9.17) is 9.97 Å². The van der Waals surface area contributed by atoms with Gasteiger partial charge in [0, 0.05) is 42.7 Å². The van der Waals surface area contributed by atoms with Crippen molar-refractivity contribution >= 4 is 40.3 Å². The summed E-state index contributed by atoms with van der Waals surface area (Å²) in [5.74, 6) is 1.50. The van der Waals surface area contributed by atoms with Gasteiger partial charge in [-0.1, -0.05) is 42.1 Å². The topological polar surface area (TPSA) is 83.0 Å². The molecule has 5 rings (SSSR count). The Morgan fingerprint density at radius 1 is 0.889 bits per heavy atom. The monoisotopic (exact) mass is 498 g/mol. The highest BCUT2D eigenvalue weighted by atomic mass is 32.2. The number of rotatable bonds is 7. The van der Waals surface area contributed by atoms with Crippen LogP contribution in [0.15, 0.2) is 82.8 Å². The molecule has 0 saturated heterocycles. The number of para-hydroxylation sites is 1. The SMILES string of the molecule is CN(C)c1nc(N[C@H]2CC[C@@H](NC(=O)c3cccnc3Sc3ccccc3)CC2)nc2ccccc12. The maximum absolute atomic E-state index is 13.1. The molecule has 2 N–H and O–H groups in total. The number of benzene rings is 2. The van der Waals surface area contributed by atoms with E-state index in [9.17, 15) is 4.79 Å². The van der Waals surface area contributed by atoms with Gasteiger partial charge in [-0.2, -0.15) is 4.98 Å². The van der Waals surface area contributed by atoms with E-state index >= 15 is 0 Å². The predicted octanol–water partition coefficient (Wildman–Crippen LogP) is 5.40. The number of aromatic nitrogens is 3. The second-order valence-electron chi connectivity index (χ2n) is 9.22. The Kier molecular flexibility index (Phi) is 7.32. The van der Waals surface area contributed by atoms with Crippen LogP contribution in [0.4, 0.5) is 11.8 Å². The quantitative estimate of drug-likeness (QED) is 0.353. The Bertz CT molecular complexity index is 1340. The molecule has 0 unspecified atom stereocenters. The number of nitrogens with zero attached hydrogens (tertiary/aromatic N) is 4. The Labute approximate surface area is 215 Å². The molecule has 184 valence electrons. The number of fused-ring (bicyclic) bond motifs is 1. The molecule has 0 atom stereocenters. The minimum absolute atomic E-state index is 0.0635. The summed E-state index contributed by atoms with van der Waals surface area (Å²) in [5.41, 5.74) is 1.55. The Balaban J connectivity index is 1.20. The van der Waals surface area contributed by atoms with Crippen molar-refractivity contribution in [2.24, 2.45) is 0 Å². The molecular formula is C28H30N6OS. The lowest BCUT2D eigenvalue weighted by Gasteiger charge is -2.30. The van der Waals surface area contributed by atoms with Crippen molar-refractivity contribution in [3.63, 3.8) is 0 Å². The van der Waals surface area contributed by atoms with Crippen LogP contribution < -0.4 is 15.5 Å². The number of amides is 1. The zero-order valence-corrected chi connectivity index (χ0v) is 21.3. The fraction of sp³-hybridized carbons (Fsp3) is 0.286. The number of carbonyl (C=O) groups excluding carboxylic acids is 1. The number of anilines is 2. The van der Waals surface area contributed by atoms with Crippen molar-refractivity contribution in [1.82, 2.24) is 20.3 Å². The van der Waals surface area contributed by atoms with E-state index in [1.807, 2.05) is 85.7 Å². The van der Waals surface area contributed by atoms with E-state index in [-0.39, 0.29) is 18.0 Å². The van der Waals surface area contributed by atoms with Crippen LogP contribution in [-0.2, 0) is 0 Å². The normalized spacial score (nSPS) is 17.5. The van der Waals surface area contributed by atoms with Gasteiger partial charge in [-0.15, -0.1) is 0 Å². The van der Waals surface area contributed by atoms with Gasteiger partial charge in [0.2, 0.25) is 5.95 Å². The Morgan fingerprint density at radius 2 is 1.61 bits per heavy atom. The van der Waals surface area contributed by atoms with Crippen LogP contribution in [-0.4, -0.2) is 47.0 Å². The summed E-state index contributed by atoms with van der Waals surface area (Å²) >= 11 is 1.51. The minimum atomic E-state index is -0.0635. The highest BCUT2D eigenvalue weighted by molar-refractivity contribution is 7.99. The number of pyridine rings is 1. The summed E-state index contributed by atoms with van der Waals surface area (Å²) in [6, 6.07) is 22.2. The van der Waals surface area contributed by atoms with Crippen molar-refractivity contribution in [3.05, 3.63) is 78.5 Å². The molecule has 0 radical (unpaired) electrons. The minimum Gasteiger partial charge on any atom is -0.362 e. The van der Waals surface area contributed by atoms with Crippen LogP contribution in [0.3, 0.4) is 0 Å². The van der Waals surface area contributed by atoms with Gasteiger partial charge in [-0.3, -0.25) is 4.79 Å². The molecule has 1 aliphatic rings. The van der Waals surface area contributed by atoms with Gasteiger partial charge in [-0.25, -0.2) is 9.97 Å². The molecule has 1 fully saturated rings. The van der Waals surface area contributed by atoms with Crippen LogP contribution in [0.5, 0.6) is 0 Å². The molecule has 8 heteroatoms. The van der Waals surface area contributed by atoms with E-state index in [2.05, 4.69) is 15.6 Å². The molecule has 1 saturated carbocycles. The smallest absolute Gasteiger partial charge is 0.254 e. The van der Waals surface area contributed by atoms with E-state index in [0.29, 0.717) is 11.5 Å². The predicted molar refractivity (Wildman–Crippen MR) is 146 cm³/mol. The van der Waals surface area contributed by atoms with Crippen molar-refractivity contribution in [2.45, 2.75) is 47.7 Å². The zero-order valence-electron chi connectivity index (χ0n) is 20.5.